The summed E-state index contributed by atoms with van der Waals surface area (Å²) in [6.45, 7) is 5.03. The molecule has 0 radical (unpaired) electrons. The minimum absolute atomic E-state index is 0.366. The molecule has 1 saturated carbocycles. The van der Waals surface area contributed by atoms with E-state index in [0.29, 0.717) is 11.7 Å². The van der Waals surface area contributed by atoms with Gasteiger partial charge in [0.1, 0.15) is 5.78 Å². The van der Waals surface area contributed by atoms with Crippen LogP contribution in [-0.4, -0.2) is 30.3 Å². The van der Waals surface area contributed by atoms with E-state index in [1.807, 2.05) is 0 Å². The molecule has 2 rings (SSSR count). The minimum atomic E-state index is 0.366. The third-order valence-electron chi connectivity index (χ3n) is 3.27. The summed E-state index contributed by atoms with van der Waals surface area (Å²) in [5.41, 5.74) is 0. The molecule has 2 fully saturated rings. The monoisotopic (exact) mass is 167 g/mol. The molecule has 2 nitrogen and oxygen atoms in total. The van der Waals surface area contributed by atoms with Crippen LogP contribution in [-0.2, 0) is 4.79 Å². The van der Waals surface area contributed by atoms with Gasteiger partial charge in [-0.3, -0.25) is 4.79 Å². The zero-order valence-electron chi connectivity index (χ0n) is 7.75. The Bertz CT molecular complexity index is 180. The van der Waals surface area contributed by atoms with Crippen molar-refractivity contribution >= 4 is 5.78 Å². The maximum atomic E-state index is 10.9. The molecule has 0 unspecified atom stereocenters. The van der Waals surface area contributed by atoms with Gasteiger partial charge in [0.15, 0.2) is 0 Å². The van der Waals surface area contributed by atoms with E-state index in [-0.39, 0.29) is 0 Å². The predicted octanol–water partition coefficient (Wildman–Crippen LogP) is 1.31. The van der Waals surface area contributed by atoms with E-state index in [2.05, 4.69) is 4.90 Å². The number of nitrogens with zero attached hydrogens (tertiary/aromatic N) is 1. The molecule has 0 bridgehead atoms. The molecule has 0 spiro atoms. The number of carbonyl (C=O) groups excluding carboxylic acids is 1. The van der Waals surface area contributed by atoms with Gasteiger partial charge < -0.3 is 4.90 Å². The van der Waals surface area contributed by atoms with Gasteiger partial charge in [-0.05, 0) is 25.7 Å². The quantitative estimate of drug-likeness (QED) is 0.631. The van der Waals surface area contributed by atoms with Crippen LogP contribution in [0.2, 0.25) is 0 Å². The molecule has 0 amide bonds. The van der Waals surface area contributed by atoms with E-state index in [1.54, 1.807) is 6.92 Å². The van der Waals surface area contributed by atoms with Crippen molar-refractivity contribution in [3.8, 4) is 0 Å². The van der Waals surface area contributed by atoms with Gasteiger partial charge in [-0.25, -0.2) is 0 Å². The van der Waals surface area contributed by atoms with Crippen LogP contribution in [0.3, 0.4) is 0 Å². The molecule has 0 aromatic carbocycles. The highest BCUT2D eigenvalue weighted by atomic mass is 16.1. The van der Waals surface area contributed by atoms with Crippen LogP contribution in [0.5, 0.6) is 0 Å². The van der Waals surface area contributed by atoms with Gasteiger partial charge in [-0.1, -0.05) is 6.42 Å². The van der Waals surface area contributed by atoms with Crippen molar-refractivity contribution in [2.45, 2.75) is 26.2 Å². The predicted molar refractivity (Wildman–Crippen MR) is 48.0 cm³/mol. The Labute approximate surface area is 73.9 Å². The average Bonchev–Trinajstić information content (AvgIpc) is 1.79. The van der Waals surface area contributed by atoms with Crippen molar-refractivity contribution in [3.05, 3.63) is 0 Å². The number of likely N-dealkylation sites (tertiary alicyclic amines) is 1. The summed E-state index contributed by atoms with van der Waals surface area (Å²) in [7, 11) is 0. The highest BCUT2D eigenvalue weighted by Crippen LogP contribution is 2.29. The lowest BCUT2D eigenvalue weighted by Crippen LogP contribution is -2.51. The van der Waals surface area contributed by atoms with Gasteiger partial charge in [0.2, 0.25) is 0 Å². The van der Waals surface area contributed by atoms with Crippen LogP contribution in [0, 0.1) is 11.8 Å². The Morgan fingerprint density at radius 3 is 2.50 bits per heavy atom. The van der Waals surface area contributed by atoms with E-state index < -0.39 is 0 Å². The lowest BCUT2D eigenvalue weighted by Gasteiger charge is -2.41. The maximum Gasteiger partial charge on any atom is 0.135 e. The van der Waals surface area contributed by atoms with E-state index in [0.717, 1.165) is 19.0 Å². The second-order valence-corrected chi connectivity index (χ2v) is 4.32. The summed E-state index contributed by atoms with van der Waals surface area (Å²) in [5.74, 6) is 1.70. The van der Waals surface area contributed by atoms with Crippen molar-refractivity contribution in [1.29, 1.82) is 0 Å². The summed E-state index contributed by atoms with van der Waals surface area (Å²) in [5, 5.41) is 0. The van der Waals surface area contributed by atoms with Gasteiger partial charge in [-0.2, -0.15) is 0 Å². The molecule has 68 valence electrons. The van der Waals surface area contributed by atoms with Crippen LogP contribution in [0.15, 0.2) is 0 Å². The second-order valence-electron chi connectivity index (χ2n) is 4.32. The minimum Gasteiger partial charge on any atom is -0.302 e. The normalized spacial score (nSPS) is 26.4. The van der Waals surface area contributed by atoms with Gasteiger partial charge >= 0.3 is 0 Å². The first kappa shape index (κ1) is 8.24. The molecule has 1 aliphatic heterocycles. The molecule has 0 aromatic rings. The maximum absolute atomic E-state index is 10.9. The van der Waals surface area contributed by atoms with E-state index in [1.165, 1.54) is 25.8 Å². The Kier molecular flexibility index (Phi) is 2.18. The summed E-state index contributed by atoms with van der Waals surface area (Å²) in [6, 6.07) is 0. The van der Waals surface area contributed by atoms with Crippen LogP contribution in [0.25, 0.3) is 0 Å². The van der Waals surface area contributed by atoms with Crippen LogP contribution >= 0.6 is 0 Å². The zero-order chi connectivity index (χ0) is 8.55. The first-order valence-corrected chi connectivity index (χ1v) is 4.98. The molecule has 12 heavy (non-hydrogen) atoms. The van der Waals surface area contributed by atoms with Crippen LogP contribution in [0.4, 0.5) is 0 Å². The fraction of sp³-hybridized carbons (Fsp3) is 0.900. The molecule has 0 aromatic heterocycles. The van der Waals surface area contributed by atoms with E-state index in [9.17, 15) is 4.79 Å². The van der Waals surface area contributed by atoms with E-state index >= 15 is 0 Å². The molecule has 1 saturated heterocycles. The molecule has 1 heterocycles. The standard InChI is InChI=1S/C10H17NO/c1-8(12)10-6-11(7-10)5-9-3-2-4-9/h9-10H,2-7H2,1H3. The third-order valence-corrected chi connectivity index (χ3v) is 3.27. The molecule has 2 aliphatic rings. The summed E-state index contributed by atoms with van der Waals surface area (Å²) < 4.78 is 0. The summed E-state index contributed by atoms with van der Waals surface area (Å²) >= 11 is 0. The topological polar surface area (TPSA) is 20.3 Å². The van der Waals surface area contributed by atoms with Gasteiger partial charge in [0, 0.05) is 25.6 Å². The van der Waals surface area contributed by atoms with Crippen molar-refractivity contribution in [3.63, 3.8) is 0 Å². The van der Waals surface area contributed by atoms with E-state index in [4.69, 9.17) is 0 Å². The lowest BCUT2D eigenvalue weighted by atomic mass is 9.83. The SMILES string of the molecule is CC(=O)C1CN(CC2CCC2)C1. The highest BCUT2D eigenvalue weighted by molar-refractivity contribution is 5.79. The zero-order valence-corrected chi connectivity index (χ0v) is 7.75. The van der Waals surface area contributed by atoms with Gasteiger partial charge in [0.25, 0.3) is 0 Å². The smallest absolute Gasteiger partial charge is 0.135 e. The largest absolute Gasteiger partial charge is 0.302 e. The molecule has 2 heteroatoms. The number of rotatable bonds is 3. The number of Topliss-reactive ketones (excluding diaryl/α,β-unsaturated/α-hetero) is 1. The second kappa shape index (κ2) is 3.17. The van der Waals surface area contributed by atoms with Gasteiger partial charge in [0.05, 0.1) is 0 Å². The van der Waals surface area contributed by atoms with Crippen molar-refractivity contribution in [1.82, 2.24) is 4.90 Å². The lowest BCUT2D eigenvalue weighted by molar-refractivity contribution is -0.126. The van der Waals surface area contributed by atoms with Crippen molar-refractivity contribution in [2.24, 2.45) is 11.8 Å². The summed E-state index contributed by atoms with van der Waals surface area (Å²) in [4.78, 5) is 13.3. The molecular formula is C10H17NO. The molecule has 0 N–H and O–H groups in total. The van der Waals surface area contributed by atoms with Crippen molar-refractivity contribution < 1.29 is 4.79 Å². The Morgan fingerprint density at radius 1 is 1.42 bits per heavy atom. The Balaban J connectivity index is 1.64. The third kappa shape index (κ3) is 1.53. The number of carbonyl (C=O) groups is 1. The van der Waals surface area contributed by atoms with Crippen LogP contribution in [0.1, 0.15) is 26.2 Å². The van der Waals surface area contributed by atoms with Crippen molar-refractivity contribution in [2.75, 3.05) is 19.6 Å². The fourth-order valence-electron chi connectivity index (χ4n) is 2.02. The number of ketones is 1. The molecule has 1 aliphatic carbocycles. The Hall–Kier alpha value is -0.370. The number of hydrogen-bond acceptors (Lipinski definition) is 2. The van der Waals surface area contributed by atoms with Crippen LogP contribution < -0.4 is 0 Å². The highest BCUT2D eigenvalue weighted by Gasteiger charge is 2.32. The average molecular weight is 167 g/mol. The first-order chi connectivity index (χ1) is 5.75. The fourth-order valence-corrected chi connectivity index (χ4v) is 2.02. The first-order valence-electron chi connectivity index (χ1n) is 4.98. The molecular weight excluding hydrogens is 150 g/mol. The van der Waals surface area contributed by atoms with Gasteiger partial charge in [-0.15, -0.1) is 0 Å². The molecule has 0 atom stereocenters. The Morgan fingerprint density at radius 2 is 2.08 bits per heavy atom. The number of hydrogen-bond donors (Lipinski definition) is 0. The summed E-state index contributed by atoms with van der Waals surface area (Å²) in [6.07, 6.45) is 4.26.